The predicted octanol–water partition coefficient (Wildman–Crippen LogP) is 6.43. The lowest BCUT2D eigenvalue weighted by molar-refractivity contribution is 0.397. The molecule has 0 aromatic heterocycles. The van der Waals surface area contributed by atoms with Gasteiger partial charge in [-0.15, -0.1) is 12.3 Å². The number of nitrogens with zero attached hydrogens (tertiary/aromatic N) is 1. The van der Waals surface area contributed by atoms with E-state index in [2.05, 4.69) is 69.4 Å². The highest BCUT2D eigenvalue weighted by Crippen LogP contribution is 2.22. The maximum atomic E-state index is 5.33. The number of rotatable bonds is 11. The van der Waals surface area contributed by atoms with Gasteiger partial charge in [0.25, 0.3) is 0 Å². The van der Waals surface area contributed by atoms with Crippen LogP contribution in [0.15, 0.2) is 59.4 Å². The molecular weight excluding hydrogens is 290 g/mol. The minimum absolute atomic E-state index is 0.652. The van der Waals surface area contributed by atoms with Crippen LogP contribution in [0, 0.1) is 12.3 Å². The second kappa shape index (κ2) is 13.5. The molecule has 0 saturated carbocycles. The molecule has 0 aliphatic heterocycles. The predicted molar refractivity (Wildman–Crippen MR) is 110 cm³/mol. The van der Waals surface area contributed by atoms with Crippen LogP contribution in [0.4, 0.5) is 0 Å². The zero-order valence-corrected chi connectivity index (χ0v) is 16.4. The fourth-order valence-electron chi connectivity index (χ4n) is 2.71. The van der Waals surface area contributed by atoms with Crippen molar-refractivity contribution in [3.8, 4) is 12.3 Å². The van der Waals surface area contributed by atoms with E-state index in [9.17, 15) is 0 Å². The van der Waals surface area contributed by atoms with Gasteiger partial charge < -0.3 is 4.90 Å². The molecule has 0 unspecified atom stereocenters. The standard InChI is InChI=1S/C23H35N/c1-8-14-15-18-21(11-4)20(7)24(13-6)19-22(12-5)23(16-9-2)17-10-3/h1,9,11,15-16,18H,7,10,12-14,17,19H2,2-6H3/b16-9-,18-15-,21-11+,23-22+. The van der Waals surface area contributed by atoms with Gasteiger partial charge in [-0.25, -0.2) is 0 Å². The molecular formula is C23H35N. The Kier molecular flexibility index (Phi) is 12.4. The fraction of sp³-hybridized carbons (Fsp3) is 0.478. The van der Waals surface area contributed by atoms with Gasteiger partial charge in [-0.2, -0.15) is 0 Å². The van der Waals surface area contributed by atoms with Crippen LogP contribution in [-0.4, -0.2) is 18.0 Å². The van der Waals surface area contributed by atoms with E-state index in [1.807, 2.05) is 13.0 Å². The first-order valence-corrected chi connectivity index (χ1v) is 9.13. The van der Waals surface area contributed by atoms with Crippen molar-refractivity contribution in [2.24, 2.45) is 0 Å². The Balaban J connectivity index is 5.41. The topological polar surface area (TPSA) is 3.24 Å². The largest absolute Gasteiger partial charge is 0.368 e. The molecule has 0 aliphatic carbocycles. The summed E-state index contributed by atoms with van der Waals surface area (Å²) in [6, 6.07) is 0. The van der Waals surface area contributed by atoms with Crippen molar-refractivity contribution in [3.63, 3.8) is 0 Å². The Hall–Kier alpha value is -1.94. The molecule has 0 aliphatic rings. The SMILES string of the molecule is C#CC/C=C\C(=C/C)C(=C)N(CC)C/C(CC)=C(\C=C/C)CCC. The lowest BCUT2D eigenvalue weighted by atomic mass is 9.99. The molecule has 24 heavy (non-hydrogen) atoms. The zero-order valence-electron chi connectivity index (χ0n) is 16.4. The normalized spacial score (nSPS) is 13.2. The third kappa shape index (κ3) is 7.55. The second-order valence-electron chi connectivity index (χ2n) is 5.75. The van der Waals surface area contributed by atoms with Gasteiger partial charge in [-0.05, 0) is 50.3 Å². The Morgan fingerprint density at radius 2 is 1.88 bits per heavy atom. The fourth-order valence-corrected chi connectivity index (χ4v) is 2.71. The maximum Gasteiger partial charge on any atom is 0.0394 e. The summed E-state index contributed by atoms with van der Waals surface area (Å²) >= 11 is 0. The van der Waals surface area contributed by atoms with Gasteiger partial charge in [-0.3, -0.25) is 0 Å². The Morgan fingerprint density at radius 1 is 1.17 bits per heavy atom. The Morgan fingerprint density at radius 3 is 2.33 bits per heavy atom. The van der Waals surface area contributed by atoms with Crippen LogP contribution in [0.25, 0.3) is 0 Å². The van der Waals surface area contributed by atoms with E-state index in [1.54, 1.807) is 0 Å². The Labute approximate surface area is 150 Å². The van der Waals surface area contributed by atoms with Crippen molar-refractivity contribution < 1.29 is 0 Å². The van der Waals surface area contributed by atoms with E-state index in [-0.39, 0.29) is 0 Å². The van der Waals surface area contributed by atoms with Gasteiger partial charge in [0.2, 0.25) is 0 Å². The van der Waals surface area contributed by atoms with Gasteiger partial charge >= 0.3 is 0 Å². The molecule has 0 fully saturated rings. The van der Waals surface area contributed by atoms with Crippen LogP contribution in [0.1, 0.15) is 60.3 Å². The van der Waals surface area contributed by atoms with Gasteiger partial charge in [0.05, 0.1) is 0 Å². The molecule has 0 radical (unpaired) electrons. The molecule has 132 valence electrons. The number of terminal acetylenes is 1. The molecule has 0 saturated heterocycles. The molecule has 0 atom stereocenters. The van der Waals surface area contributed by atoms with Crippen LogP contribution >= 0.6 is 0 Å². The van der Waals surface area contributed by atoms with Crippen LogP contribution in [0.3, 0.4) is 0 Å². The van der Waals surface area contributed by atoms with Gasteiger partial charge in [0.1, 0.15) is 0 Å². The monoisotopic (exact) mass is 325 g/mol. The maximum absolute atomic E-state index is 5.33. The summed E-state index contributed by atoms with van der Waals surface area (Å²) in [7, 11) is 0. The molecule has 0 amide bonds. The van der Waals surface area contributed by atoms with E-state index in [1.165, 1.54) is 17.6 Å². The van der Waals surface area contributed by atoms with Crippen molar-refractivity contribution in [2.75, 3.05) is 13.1 Å². The first-order chi connectivity index (χ1) is 11.6. The van der Waals surface area contributed by atoms with E-state index in [4.69, 9.17) is 6.42 Å². The summed E-state index contributed by atoms with van der Waals surface area (Å²) < 4.78 is 0. The summed E-state index contributed by atoms with van der Waals surface area (Å²) in [4.78, 5) is 2.35. The summed E-state index contributed by atoms with van der Waals surface area (Å²) in [5.74, 6) is 2.64. The summed E-state index contributed by atoms with van der Waals surface area (Å²) in [5.41, 5.74) is 5.18. The third-order valence-electron chi connectivity index (χ3n) is 4.09. The molecule has 1 nitrogen and oxygen atoms in total. The molecule has 0 bridgehead atoms. The van der Waals surface area contributed by atoms with Crippen molar-refractivity contribution in [1.29, 1.82) is 0 Å². The number of allylic oxidation sites excluding steroid dienone is 6. The van der Waals surface area contributed by atoms with Gasteiger partial charge in [-0.1, -0.05) is 57.2 Å². The quantitative estimate of drug-likeness (QED) is 0.312. The summed E-state index contributed by atoms with van der Waals surface area (Å²) in [5, 5.41) is 0. The van der Waals surface area contributed by atoms with Crippen LogP contribution in [0.2, 0.25) is 0 Å². The molecule has 1 heteroatoms. The van der Waals surface area contributed by atoms with E-state index in [0.29, 0.717) is 6.42 Å². The number of likely N-dealkylation sites (N-methyl/N-ethyl adjacent to an activating group) is 1. The highest BCUT2D eigenvalue weighted by molar-refractivity contribution is 5.38. The molecule has 0 aromatic carbocycles. The molecule has 0 spiro atoms. The second-order valence-corrected chi connectivity index (χ2v) is 5.75. The van der Waals surface area contributed by atoms with E-state index in [0.717, 1.165) is 37.2 Å². The van der Waals surface area contributed by atoms with Crippen molar-refractivity contribution in [3.05, 3.63) is 59.4 Å². The van der Waals surface area contributed by atoms with Crippen molar-refractivity contribution in [2.45, 2.75) is 60.3 Å². The lowest BCUT2D eigenvalue weighted by Crippen LogP contribution is -2.26. The lowest BCUT2D eigenvalue weighted by Gasteiger charge is -2.28. The minimum Gasteiger partial charge on any atom is -0.368 e. The van der Waals surface area contributed by atoms with E-state index >= 15 is 0 Å². The van der Waals surface area contributed by atoms with Crippen molar-refractivity contribution >= 4 is 0 Å². The van der Waals surface area contributed by atoms with Crippen LogP contribution < -0.4 is 0 Å². The third-order valence-corrected chi connectivity index (χ3v) is 4.09. The first-order valence-electron chi connectivity index (χ1n) is 9.13. The number of hydrogen-bond acceptors (Lipinski definition) is 1. The highest BCUT2D eigenvalue weighted by atomic mass is 15.1. The van der Waals surface area contributed by atoms with Crippen molar-refractivity contribution in [1.82, 2.24) is 4.90 Å². The average molecular weight is 326 g/mol. The van der Waals surface area contributed by atoms with E-state index < -0.39 is 0 Å². The van der Waals surface area contributed by atoms with Gasteiger partial charge in [0, 0.05) is 25.2 Å². The Bertz CT molecular complexity index is 535. The zero-order chi connectivity index (χ0) is 18.4. The number of hydrogen-bond donors (Lipinski definition) is 0. The molecule has 0 N–H and O–H groups in total. The summed E-state index contributed by atoms with van der Waals surface area (Å²) in [6.07, 6.45) is 20.0. The van der Waals surface area contributed by atoms with Crippen LogP contribution in [0.5, 0.6) is 0 Å². The smallest absolute Gasteiger partial charge is 0.0394 e. The van der Waals surface area contributed by atoms with Crippen LogP contribution in [-0.2, 0) is 0 Å². The first kappa shape index (κ1) is 22.1. The molecule has 0 rings (SSSR count). The molecule has 0 heterocycles. The average Bonchev–Trinajstić information content (AvgIpc) is 2.59. The summed E-state index contributed by atoms with van der Waals surface area (Å²) in [6.45, 7) is 17.0. The molecule has 0 aromatic rings. The van der Waals surface area contributed by atoms with Gasteiger partial charge in [0.15, 0.2) is 0 Å². The highest BCUT2D eigenvalue weighted by Gasteiger charge is 2.12. The minimum atomic E-state index is 0.652.